The lowest BCUT2D eigenvalue weighted by molar-refractivity contribution is -0.191. The van der Waals surface area contributed by atoms with Crippen LogP contribution >= 0.6 is 0 Å². The lowest BCUT2D eigenvalue weighted by atomic mass is 10.00. The normalized spacial score (nSPS) is 19.9. The van der Waals surface area contributed by atoms with Crippen molar-refractivity contribution in [2.45, 2.75) is 65.0 Å². The summed E-state index contributed by atoms with van der Waals surface area (Å²) in [5.74, 6) is 0.825. The Labute approximate surface area is 92.6 Å². The van der Waals surface area contributed by atoms with E-state index in [1.165, 1.54) is 32.1 Å². The second kappa shape index (κ2) is 8.63. The lowest BCUT2D eigenvalue weighted by Gasteiger charge is -2.23. The molecule has 1 saturated carbocycles. The van der Waals surface area contributed by atoms with Crippen LogP contribution in [0, 0.1) is 5.92 Å². The predicted octanol–water partition coefficient (Wildman–Crippen LogP) is 2.37. The molecular weight excluding hydrogens is 190 g/mol. The van der Waals surface area contributed by atoms with E-state index in [1.54, 1.807) is 0 Å². The highest BCUT2D eigenvalue weighted by Crippen LogP contribution is 2.19. The van der Waals surface area contributed by atoms with Crippen LogP contribution in [-0.2, 0) is 9.59 Å². The summed E-state index contributed by atoms with van der Waals surface area (Å²) in [6, 6.07) is 1.53. The van der Waals surface area contributed by atoms with Gasteiger partial charge in [0.2, 0.25) is 0 Å². The third kappa shape index (κ3) is 6.43. The molecule has 1 rings (SSSR count). The summed E-state index contributed by atoms with van der Waals surface area (Å²) in [5.41, 5.74) is 0. The molecule has 0 radical (unpaired) electrons. The quantitative estimate of drug-likeness (QED) is 0.780. The number of carbonyl (C=O) groups excluding carboxylic acids is 2. The molecule has 2 unspecified atom stereocenters. The van der Waals surface area contributed by atoms with Crippen molar-refractivity contribution >= 4 is 6.15 Å². The van der Waals surface area contributed by atoms with Crippen LogP contribution < -0.4 is 5.32 Å². The fourth-order valence-electron chi connectivity index (χ4n) is 1.98. The number of hydrogen-bond donors (Lipinski definition) is 1. The van der Waals surface area contributed by atoms with Gasteiger partial charge in [0.25, 0.3) is 0 Å². The minimum absolute atomic E-state index is 0.250. The topological polar surface area (TPSA) is 46.2 Å². The smallest absolute Gasteiger partial charge is 0.311 e. The van der Waals surface area contributed by atoms with Crippen molar-refractivity contribution in [1.82, 2.24) is 5.32 Å². The highest BCUT2D eigenvalue weighted by molar-refractivity contribution is 5.20. The van der Waals surface area contributed by atoms with Gasteiger partial charge in [0.15, 0.2) is 0 Å². The maximum Gasteiger partial charge on any atom is 0.373 e. The summed E-state index contributed by atoms with van der Waals surface area (Å²) >= 11 is 0. The fraction of sp³-hybridized carbons (Fsp3) is 0.917. The molecule has 88 valence electrons. The molecule has 0 spiro atoms. The summed E-state index contributed by atoms with van der Waals surface area (Å²) in [4.78, 5) is 16.2. The third-order valence-corrected chi connectivity index (χ3v) is 3.35. The standard InChI is InChI=1S/C11H23N.CO2/c1-4-9(2)10(3)12-11-7-5-6-8-11;2-1-3/h9-12H,4-8H2,1-3H3;. The van der Waals surface area contributed by atoms with Crippen LogP contribution in [0.15, 0.2) is 0 Å². The maximum atomic E-state index is 8.12. The van der Waals surface area contributed by atoms with Crippen molar-refractivity contribution in [3.63, 3.8) is 0 Å². The fourth-order valence-corrected chi connectivity index (χ4v) is 1.98. The van der Waals surface area contributed by atoms with E-state index in [0.29, 0.717) is 6.04 Å². The van der Waals surface area contributed by atoms with Gasteiger partial charge < -0.3 is 5.32 Å². The minimum atomic E-state index is 0.250. The first-order valence-electron chi connectivity index (χ1n) is 5.91. The Morgan fingerprint density at radius 3 is 2.13 bits per heavy atom. The van der Waals surface area contributed by atoms with Crippen LogP contribution in [0.1, 0.15) is 52.9 Å². The number of nitrogens with one attached hydrogen (secondary N) is 1. The monoisotopic (exact) mass is 213 g/mol. The first-order chi connectivity index (χ1) is 7.15. The predicted molar refractivity (Wildman–Crippen MR) is 59.3 cm³/mol. The van der Waals surface area contributed by atoms with Gasteiger partial charge in [-0.15, -0.1) is 0 Å². The Bertz CT molecular complexity index is 182. The van der Waals surface area contributed by atoms with Gasteiger partial charge in [0.05, 0.1) is 0 Å². The molecule has 0 bridgehead atoms. The summed E-state index contributed by atoms with van der Waals surface area (Å²) < 4.78 is 0. The molecule has 3 heteroatoms. The SMILES string of the molecule is CCC(C)C(C)NC1CCCC1.O=C=O. The van der Waals surface area contributed by atoms with E-state index < -0.39 is 0 Å². The van der Waals surface area contributed by atoms with E-state index >= 15 is 0 Å². The zero-order chi connectivity index (χ0) is 11.7. The summed E-state index contributed by atoms with van der Waals surface area (Å²) in [6.07, 6.45) is 7.22. The molecule has 0 saturated heterocycles. The van der Waals surface area contributed by atoms with Crippen LogP contribution in [0.3, 0.4) is 0 Å². The Kier molecular flexibility index (Phi) is 8.25. The molecule has 0 aromatic rings. The molecule has 0 amide bonds. The zero-order valence-corrected chi connectivity index (χ0v) is 10.1. The van der Waals surface area contributed by atoms with Gasteiger partial charge in [-0.2, -0.15) is 9.59 Å². The zero-order valence-electron chi connectivity index (χ0n) is 10.1. The molecule has 15 heavy (non-hydrogen) atoms. The van der Waals surface area contributed by atoms with E-state index in [-0.39, 0.29) is 6.15 Å². The molecule has 3 nitrogen and oxygen atoms in total. The summed E-state index contributed by atoms with van der Waals surface area (Å²) in [7, 11) is 0. The maximum absolute atomic E-state index is 8.12. The van der Waals surface area contributed by atoms with Crippen LogP contribution in [-0.4, -0.2) is 18.2 Å². The van der Waals surface area contributed by atoms with Crippen molar-refractivity contribution in [3.8, 4) is 0 Å². The largest absolute Gasteiger partial charge is 0.373 e. The van der Waals surface area contributed by atoms with Crippen LogP contribution in [0.5, 0.6) is 0 Å². The van der Waals surface area contributed by atoms with Gasteiger partial charge in [-0.25, -0.2) is 0 Å². The van der Waals surface area contributed by atoms with Crippen LogP contribution in [0.4, 0.5) is 0 Å². The van der Waals surface area contributed by atoms with Gasteiger partial charge in [0.1, 0.15) is 0 Å². The van der Waals surface area contributed by atoms with Crippen molar-refractivity contribution in [1.29, 1.82) is 0 Å². The van der Waals surface area contributed by atoms with Gasteiger partial charge >= 0.3 is 6.15 Å². The van der Waals surface area contributed by atoms with Crippen molar-refractivity contribution in [2.75, 3.05) is 0 Å². The highest BCUT2D eigenvalue weighted by Gasteiger charge is 2.18. The second-order valence-corrected chi connectivity index (χ2v) is 4.41. The Hall–Kier alpha value is -0.660. The Morgan fingerprint density at radius 1 is 1.27 bits per heavy atom. The van der Waals surface area contributed by atoms with E-state index in [4.69, 9.17) is 9.59 Å². The highest BCUT2D eigenvalue weighted by atomic mass is 16.2. The number of rotatable bonds is 4. The molecule has 0 heterocycles. The minimum Gasteiger partial charge on any atom is -0.311 e. The average Bonchev–Trinajstić information content (AvgIpc) is 2.70. The van der Waals surface area contributed by atoms with Crippen molar-refractivity contribution in [2.24, 2.45) is 5.92 Å². The lowest BCUT2D eigenvalue weighted by Crippen LogP contribution is -2.38. The summed E-state index contributed by atoms with van der Waals surface area (Å²) in [6.45, 7) is 6.94. The first kappa shape index (κ1) is 14.3. The summed E-state index contributed by atoms with van der Waals surface area (Å²) in [5, 5.41) is 3.73. The van der Waals surface area contributed by atoms with Gasteiger partial charge in [-0.3, -0.25) is 0 Å². The van der Waals surface area contributed by atoms with Crippen LogP contribution in [0.25, 0.3) is 0 Å². The van der Waals surface area contributed by atoms with Crippen LogP contribution in [0.2, 0.25) is 0 Å². The molecule has 1 N–H and O–H groups in total. The third-order valence-electron chi connectivity index (χ3n) is 3.35. The van der Waals surface area contributed by atoms with Crippen molar-refractivity contribution < 1.29 is 9.59 Å². The molecule has 2 atom stereocenters. The second-order valence-electron chi connectivity index (χ2n) is 4.41. The van der Waals surface area contributed by atoms with Gasteiger partial charge in [-0.05, 0) is 25.7 Å². The van der Waals surface area contributed by atoms with Gasteiger partial charge in [0, 0.05) is 12.1 Å². The van der Waals surface area contributed by atoms with E-state index in [1.807, 2.05) is 0 Å². The van der Waals surface area contributed by atoms with E-state index in [0.717, 1.165) is 12.0 Å². The molecule has 1 fully saturated rings. The van der Waals surface area contributed by atoms with E-state index in [2.05, 4.69) is 26.1 Å². The molecule has 0 aliphatic heterocycles. The average molecular weight is 213 g/mol. The Morgan fingerprint density at radius 2 is 1.73 bits per heavy atom. The van der Waals surface area contributed by atoms with Gasteiger partial charge in [-0.1, -0.05) is 33.1 Å². The van der Waals surface area contributed by atoms with E-state index in [9.17, 15) is 0 Å². The first-order valence-corrected chi connectivity index (χ1v) is 5.91. The molecule has 1 aliphatic carbocycles. The number of hydrogen-bond acceptors (Lipinski definition) is 3. The molecular formula is C12H23NO2. The Balaban J connectivity index is 0.000000583. The molecule has 0 aromatic carbocycles. The molecule has 1 aliphatic rings. The van der Waals surface area contributed by atoms with Crippen molar-refractivity contribution in [3.05, 3.63) is 0 Å². The molecule has 0 aromatic heterocycles.